The van der Waals surface area contributed by atoms with Crippen LogP contribution in [0.15, 0.2) is 18.3 Å². The molecule has 0 saturated heterocycles. The average molecular weight is 321 g/mol. The molecule has 1 aromatic rings. The van der Waals surface area contributed by atoms with E-state index in [4.69, 9.17) is 0 Å². The normalized spacial score (nSPS) is 20.9. The molecule has 2 N–H and O–H groups in total. The van der Waals surface area contributed by atoms with Gasteiger partial charge < -0.3 is 15.4 Å². The van der Waals surface area contributed by atoms with Crippen LogP contribution in [0.1, 0.15) is 18.4 Å². The third-order valence-electron chi connectivity index (χ3n) is 3.05. The smallest absolute Gasteiger partial charge is 0.422 e. The lowest BCUT2D eigenvalue weighted by Gasteiger charge is -2.30. The molecule has 1 aromatic heterocycles. The van der Waals surface area contributed by atoms with E-state index < -0.39 is 25.0 Å². The fourth-order valence-corrected chi connectivity index (χ4v) is 1.88. The molecule has 122 valence electrons. The van der Waals surface area contributed by atoms with Gasteiger partial charge in [-0.2, -0.15) is 13.2 Å². The summed E-state index contributed by atoms with van der Waals surface area (Å²) in [5, 5.41) is 5.13. The fourth-order valence-electron chi connectivity index (χ4n) is 1.88. The highest BCUT2D eigenvalue weighted by atomic mass is 19.4. The molecule has 2 amide bonds. The molecule has 0 spiro atoms. The lowest BCUT2D eigenvalue weighted by Crippen LogP contribution is -2.48. The monoisotopic (exact) mass is 321 g/mol. The predicted octanol–water partition coefficient (Wildman–Crippen LogP) is 2.32. The Hall–Kier alpha value is -2.06. The minimum atomic E-state index is -4.44. The van der Waals surface area contributed by atoms with E-state index in [1.54, 1.807) is 6.07 Å². The number of hydrogen-bond acceptors (Lipinski definition) is 3. The van der Waals surface area contributed by atoms with E-state index in [9.17, 15) is 22.4 Å². The number of urea groups is 1. The van der Waals surface area contributed by atoms with Crippen molar-refractivity contribution in [3.8, 4) is 5.88 Å². The van der Waals surface area contributed by atoms with Crippen LogP contribution in [0.25, 0.3) is 0 Å². The van der Waals surface area contributed by atoms with E-state index in [0.29, 0.717) is 18.4 Å². The van der Waals surface area contributed by atoms with Gasteiger partial charge in [0.2, 0.25) is 5.88 Å². The summed E-state index contributed by atoms with van der Waals surface area (Å²) in [5.41, 5.74) is 0.541. The third kappa shape index (κ3) is 5.38. The van der Waals surface area contributed by atoms with Gasteiger partial charge in [-0.25, -0.2) is 14.2 Å². The minimum Gasteiger partial charge on any atom is -0.468 e. The largest absolute Gasteiger partial charge is 0.468 e. The van der Waals surface area contributed by atoms with Crippen LogP contribution < -0.4 is 15.4 Å². The molecule has 2 rings (SSSR count). The number of nitrogens with zero attached hydrogens (tertiary/aromatic N) is 1. The van der Waals surface area contributed by atoms with Crippen molar-refractivity contribution >= 4 is 6.03 Å². The van der Waals surface area contributed by atoms with Crippen molar-refractivity contribution in [2.24, 2.45) is 0 Å². The van der Waals surface area contributed by atoms with Gasteiger partial charge in [-0.05, 0) is 24.5 Å². The molecule has 1 heterocycles. The number of hydrogen-bond donors (Lipinski definition) is 2. The molecule has 0 bridgehead atoms. The van der Waals surface area contributed by atoms with Crippen LogP contribution in [0.5, 0.6) is 5.88 Å². The average Bonchev–Trinajstić information content (AvgIpc) is 2.41. The van der Waals surface area contributed by atoms with E-state index in [1.807, 2.05) is 0 Å². The topological polar surface area (TPSA) is 63.2 Å². The lowest BCUT2D eigenvalue weighted by molar-refractivity contribution is -0.154. The second kappa shape index (κ2) is 6.80. The van der Waals surface area contributed by atoms with Gasteiger partial charge in [0.1, 0.15) is 6.17 Å². The Morgan fingerprint density at radius 1 is 1.41 bits per heavy atom. The van der Waals surface area contributed by atoms with Crippen LogP contribution in [0.4, 0.5) is 22.4 Å². The molecule has 5 nitrogen and oxygen atoms in total. The summed E-state index contributed by atoms with van der Waals surface area (Å²) in [7, 11) is 0. The van der Waals surface area contributed by atoms with E-state index in [1.165, 1.54) is 12.3 Å². The van der Waals surface area contributed by atoms with Gasteiger partial charge in [0.05, 0.1) is 0 Å². The molecule has 9 heteroatoms. The number of rotatable bonds is 5. The lowest BCUT2D eigenvalue weighted by atomic mass is 9.91. The first kappa shape index (κ1) is 16.3. The molecule has 1 saturated carbocycles. The highest BCUT2D eigenvalue weighted by Gasteiger charge is 2.30. The van der Waals surface area contributed by atoms with E-state index >= 15 is 0 Å². The first-order chi connectivity index (χ1) is 10.3. The van der Waals surface area contributed by atoms with Crippen molar-refractivity contribution < 1.29 is 27.1 Å². The number of alkyl halides is 4. The van der Waals surface area contributed by atoms with Gasteiger partial charge in [0.25, 0.3) is 0 Å². The van der Waals surface area contributed by atoms with E-state index in [0.717, 1.165) is 0 Å². The van der Waals surface area contributed by atoms with Crippen molar-refractivity contribution in [2.75, 3.05) is 6.61 Å². The summed E-state index contributed by atoms with van der Waals surface area (Å²) in [6, 6.07) is 2.24. The molecule has 0 aliphatic heterocycles. The molecule has 0 unspecified atom stereocenters. The van der Waals surface area contributed by atoms with Crippen LogP contribution in [0.2, 0.25) is 0 Å². The summed E-state index contributed by atoms with van der Waals surface area (Å²) < 4.78 is 53.2. The van der Waals surface area contributed by atoms with Gasteiger partial charge in [-0.3, -0.25) is 0 Å². The van der Waals surface area contributed by atoms with E-state index in [2.05, 4.69) is 20.4 Å². The zero-order chi connectivity index (χ0) is 16.2. The summed E-state index contributed by atoms with van der Waals surface area (Å²) in [6.07, 6.45) is -3.40. The summed E-state index contributed by atoms with van der Waals surface area (Å²) in [5.74, 6) is -0.170. The molecule has 0 aromatic carbocycles. The maximum absolute atomic E-state index is 12.6. The number of carbonyl (C=O) groups is 1. The third-order valence-corrected chi connectivity index (χ3v) is 3.05. The molecular weight excluding hydrogens is 306 g/mol. The van der Waals surface area contributed by atoms with Crippen LogP contribution >= 0.6 is 0 Å². The summed E-state index contributed by atoms with van der Waals surface area (Å²) in [4.78, 5) is 15.2. The van der Waals surface area contributed by atoms with Crippen LogP contribution in [0.3, 0.4) is 0 Å². The predicted molar refractivity (Wildman–Crippen MR) is 69.1 cm³/mol. The fraction of sp³-hybridized carbons (Fsp3) is 0.538. The standard InChI is InChI=1S/C13H15F4N3O2/c14-9-4-10(5-9)20-12(21)19-6-8-1-2-18-11(3-8)22-7-13(15,16)17/h1-3,9-10H,4-7H2,(H2,19,20,21). The number of nitrogens with one attached hydrogen (secondary N) is 2. The number of halogens is 4. The Labute approximate surface area is 124 Å². The Kier molecular flexibility index (Phi) is 5.04. The molecule has 0 atom stereocenters. The van der Waals surface area contributed by atoms with Gasteiger partial charge in [0.15, 0.2) is 6.61 Å². The Balaban J connectivity index is 1.76. The number of carbonyl (C=O) groups excluding carboxylic acids is 1. The summed E-state index contributed by atoms with van der Waals surface area (Å²) in [6.45, 7) is -1.33. The van der Waals surface area contributed by atoms with Crippen LogP contribution in [-0.2, 0) is 6.54 Å². The first-order valence-electron chi connectivity index (χ1n) is 6.65. The van der Waals surface area contributed by atoms with Crippen LogP contribution in [-0.4, -0.2) is 36.0 Å². The van der Waals surface area contributed by atoms with Crippen molar-refractivity contribution in [2.45, 2.75) is 37.8 Å². The molecule has 0 radical (unpaired) electrons. The van der Waals surface area contributed by atoms with Crippen LogP contribution in [0, 0.1) is 0 Å². The number of ether oxygens (including phenoxy) is 1. The Morgan fingerprint density at radius 3 is 2.77 bits per heavy atom. The molecular formula is C13H15F4N3O2. The molecule has 1 aliphatic carbocycles. The quantitative estimate of drug-likeness (QED) is 0.818. The van der Waals surface area contributed by atoms with Gasteiger partial charge >= 0.3 is 12.2 Å². The van der Waals surface area contributed by atoms with Crippen molar-refractivity contribution in [3.63, 3.8) is 0 Å². The highest BCUT2D eigenvalue weighted by molar-refractivity contribution is 5.74. The van der Waals surface area contributed by atoms with Gasteiger partial charge in [-0.15, -0.1) is 0 Å². The zero-order valence-corrected chi connectivity index (χ0v) is 11.5. The van der Waals surface area contributed by atoms with Crippen molar-refractivity contribution in [1.82, 2.24) is 15.6 Å². The minimum absolute atomic E-state index is 0.0997. The molecule has 1 fully saturated rings. The number of pyridine rings is 1. The molecule has 1 aliphatic rings. The second-order valence-corrected chi connectivity index (χ2v) is 5.00. The highest BCUT2D eigenvalue weighted by Crippen LogP contribution is 2.22. The summed E-state index contributed by atoms with van der Waals surface area (Å²) >= 11 is 0. The first-order valence-corrected chi connectivity index (χ1v) is 6.65. The van der Waals surface area contributed by atoms with Gasteiger partial charge in [0, 0.05) is 24.8 Å². The SMILES string of the molecule is O=C(NCc1ccnc(OCC(F)(F)F)c1)NC1CC(F)C1. The van der Waals surface area contributed by atoms with E-state index in [-0.39, 0.29) is 18.5 Å². The Morgan fingerprint density at radius 2 is 2.14 bits per heavy atom. The molecule has 22 heavy (non-hydrogen) atoms. The maximum atomic E-state index is 12.6. The van der Waals surface area contributed by atoms with Crippen molar-refractivity contribution in [1.29, 1.82) is 0 Å². The van der Waals surface area contributed by atoms with Gasteiger partial charge in [-0.1, -0.05) is 0 Å². The van der Waals surface area contributed by atoms with Crippen molar-refractivity contribution in [3.05, 3.63) is 23.9 Å². The number of amides is 2. The zero-order valence-electron chi connectivity index (χ0n) is 11.5. The second-order valence-electron chi connectivity index (χ2n) is 5.00. The Bertz CT molecular complexity index is 518. The number of aromatic nitrogens is 1. The maximum Gasteiger partial charge on any atom is 0.422 e.